The van der Waals surface area contributed by atoms with Crippen molar-refractivity contribution >= 4 is 5.97 Å². The Morgan fingerprint density at radius 2 is 2.07 bits per heavy atom. The van der Waals surface area contributed by atoms with Gasteiger partial charge in [-0.2, -0.15) is 18.3 Å². The molecule has 0 amide bonds. The van der Waals surface area contributed by atoms with Gasteiger partial charge in [0, 0.05) is 10.1 Å². The minimum Gasteiger partial charge on any atom is -0.272 e. The number of rotatable bonds is 1. The second kappa shape index (κ2) is 3.28. The molecule has 0 saturated heterocycles. The fourth-order valence-electron chi connectivity index (χ4n) is 0.909. The average molecular weight is 212 g/mol. The molecule has 0 unspecified atom stereocenters. The Balaban J connectivity index is 3.15. The predicted octanol–water partition coefficient (Wildman–Crippen LogP) is 1.78. The lowest BCUT2D eigenvalue weighted by Crippen LogP contribution is -2.08. The highest BCUT2D eigenvalue weighted by molar-refractivity contribution is 5.88. The molecule has 1 aromatic heterocycles. The smallest absolute Gasteiger partial charge is 0.272 e. The Hall–Kier alpha value is -1.60. The van der Waals surface area contributed by atoms with Crippen LogP contribution in [0.2, 0.25) is 0 Å². The summed E-state index contributed by atoms with van der Waals surface area (Å²) in [6.45, 7) is 0.985. The normalized spacial score (nSPS) is 11.5. The quantitative estimate of drug-likeness (QED) is 0.722. The van der Waals surface area contributed by atoms with Gasteiger partial charge in [-0.1, -0.05) is 0 Å². The maximum Gasteiger partial charge on any atom is 0.433 e. The topological polar surface area (TPSA) is 55.0 Å². The summed E-state index contributed by atoms with van der Waals surface area (Å²) in [6.07, 6.45) is -4.66. The van der Waals surface area contributed by atoms with Crippen LogP contribution in [-0.2, 0) is 11.1 Å². The highest BCUT2D eigenvalue weighted by Crippen LogP contribution is 2.31. The highest BCUT2D eigenvalue weighted by Gasteiger charge is 2.37. The van der Waals surface area contributed by atoms with Gasteiger partial charge in [0.2, 0.25) is 0 Å². The van der Waals surface area contributed by atoms with Crippen LogP contribution in [0.25, 0.3) is 0 Å². The van der Waals surface area contributed by atoms with Gasteiger partial charge in [-0.15, -0.1) is 0 Å². The molecule has 0 aliphatic rings. The molecule has 0 bridgehead atoms. The lowest BCUT2D eigenvalue weighted by molar-refractivity contribution is -0.141. The summed E-state index contributed by atoms with van der Waals surface area (Å²) in [5.41, 5.74) is -2.42. The number of aromatic nitrogens is 2. The molecule has 4 nitrogen and oxygen atoms in total. The van der Waals surface area contributed by atoms with Gasteiger partial charge in [0.25, 0.3) is 0 Å². The van der Waals surface area contributed by atoms with Crippen molar-refractivity contribution in [1.82, 2.24) is 10.2 Å². The lowest BCUT2D eigenvalue weighted by Gasteiger charge is -2.03. The number of carbonyl (C=O) groups excluding carboxylic acids is 1. The van der Waals surface area contributed by atoms with E-state index in [0.717, 1.165) is 6.92 Å². The summed E-state index contributed by atoms with van der Waals surface area (Å²) in [6, 6.07) is 0. The van der Waals surface area contributed by atoms with E-state index < -0.39 is 29.1 Å². The van der Waals surface area contributed by atoms with Crippen LogP contribution in [0.15, 0.2) is 0 Å². The fraction of sp³-hybridized carbons (Fsp3) is 0.333. The van der Waals surface area contributed by atoms with Crippen molar-refractivity contribution in [3.8, 4) is 0 Å². The van der Waals surface area contributed by atoms with Crippen LogP contribution in [0, 0.1) is 6.92 Å². The van der Waals surface area contributed by atoms with E-state index in [9.17, 15) is 22.5 Å². The summed E-state index contributed by atoms with van der Waals surface area (Å²) >= 11 is 0. The third kappa shape index (κ3) is 1.68. The fourth-order valence-corrected chi connectivity index (χ4v) is 0.909. The third-order valence-corrected chi connectivity index (χ3v) is 1.56. The van der Waals surface area contributed by atoms with Crippen molar-refractivity contribution in [2.75, 3.05) is 0 Å². The zero-order valence-electron chi connectivity index (χ0n) is 6.78. The number of aromatic amines is 1. The first-order valence-corrected chi connectivity index (χ1v) is 3.33. The van der Waals surface area contributed by atoms with E-state index in [4.69, 9.17) is 0 Å². The van der Waals surface area contributed by atoms with Gasteiger partial charge in [0.1, 0.15) is 5.69 Å². The zero-order valence-corrected chi connectivity index (χ0v) is 6.78. The Kier molecular flexibility index (Phi) is 2.45. The molecular weight excluding hydrogens is 208 g/mol. The summed E-state index contributed by atoms with van der Waals surface area (Å²) in [5, 5.41) is 4.58. The van der Waals surface area contributed by atoms with Crippen LogP contribution in [0.1, 0.15) is 21.7 Å². The second-order valence-corrected chi connectivity index (χ2v) is 2.43. The number of hydrogen-bond acceptors (Lipinski definition) is 3. The first-order chi connectivity index (χ1) is 6.38. The van der Waals surface area contributed by atoms with Gasteiger partial charge >= 0.3 is 12.1 Å². The number of nitrogens with zero attached hydrogens (tertiary/aromatic N) is 1. The Bertz CT molecular complexity index is 357. The maximum atomic E-state index is 12.1. The number of hydrogen-bond donors (Lipinski definition) is 1. The van der Waals surface area contributed by atoms with Crippen LogP contribution < -0.4 is 0 Å². The van der Waals surface area contributed by atoms with E-state index in [1.807, 2.05) is 0 Å². The Labute approximate surface area is 74.8 Å². The van der Waals surface area contributed by atoms with Crippen LogP contribution in [0.5, 0.6) is 0 Å². The van der Waals surface area contributed by atoms with E-state index >= 15 is 0 Å². The molecule has 0 radical (unpaired) electrons. The van der Waals surface area contributed by atoms with Crippen molar-refractivity contribution in [2.24, 2.45) is 0 Å². The molecule has 0 fully saturated rings. The van der Waals surface area contributed by atoms with Crippen molar-refractivity contribution in [1.29, 1.82) is 0 Å². The SMILES string of the molecule is Cc1c(C(=O)OF)n[nH]c1C(F)(F)F. The molecule has 0 spiro atoms. The average Bonchev–Trinajstić information content (AvgIpc) is 2.45. The molecule has 0 aromatic carbocycles. The van der Waals surface area contributed by atoms with Gasteiger partial charge in [-0.05, 0) is 6.92 Å². The number of H-pyrrole nitrogens is 1. The van der Waals surface area contributed by atoms with Crippen LogP contribution >= 0.6 is 0 Å². The van der Waals surface area contributed by atoms with Crippen molar-refractivity contribution in [2.45, 2.75) is 13.1 Å². The molecule has 14 heavy (non-hydrogen) atoms. The monoisotopic (exact) mass is 212 g/mol. The van der Waals surface area contributed by atoms with Gasteiger partial charge in [0.15, 0.2) is 5.69 Å². The van der Waals surface area contributed by atoms with Gasteiger partial charge in [-0.3, -0.25) is 5.10 Å². The molecule has 0 aliphatic carbocycles. The molecule has 78 valence electrons. The van der Waals surface area contributed by atoms with Crippen molar-refractivity contribution < 1.29 is 27.4 Å². The number of carbonyl (C=O) groups is 1. The molecule has 1 aromatic rings. The molecule has 0 aliphatic heterocycles. The summed E-state index contributed by atoms with van der Waals surface area (Å²) in [4.78, 5) is 13.3. The zero-order chi connectivity index (χ0) is 10.9. The second-order valence-electron chi connectivity index (χ2n) is 2.43. The Morgan fingerprint density at radius 3 is 2.43 bits per heavy atom. The van der Waals surface area contributed by atoms with E-state index in [2.05, 4.69) is 10.0 Å². The maximum absolute atomic E-state index is 12.1. The van der Waals surface area contributed by atoms with Gasteiger partial charge in [0.05, 0.1) is 0 Å². The van der Waals surface area contributed by atoms with Gasteiger partial charge in [-0.25, -0.2) is 9.74 Å². The molecule has 0 atom stereocenters. The van der Waals surface area contributed by atoms with Crippen molar-refractivity contribution in [3.63, 3.8) is 0 Å². The molecule has 1 heterocycles. The predicted molar refractivity (Wildman–Crippen MR) is 34.9 cm³/mol. The lowest BCUT2D eigenvalue weighted by atomic mass is 10.2. The first kappa shape index (κ1) is 10.5. The highest BCUT2D eigenvalue weighted by atomic mass is 19.4. The minimum atomic E-state index is -4.66. The van der Waals surface area contributed by atoms with Crippen LogP contribution in [-0.4, -0.2) is 16.2 Å². The Morgan fingerprint density at radius 1 is 1.50 bits per heavy atom. The van der Waals surface area contributed by atoms with Crippen LogP contribution in [0.3, 0.4) is 0 Å². The first-order valence-electron chi connectivity index (χ1n) is 3.33. The standard InChI is InChI=1S/C6H4F4N2O2/c1-2-3(5(13)14-10)11-12-4(2)6(7,8)9/h1H3,(H,11,12). The molecule has 1 N–H and O–H groups in total. The largest absolute Gasteiger partial charge is 0.433 e. The molecule has 8 heteroatoms. The number of alkyl halides is 3. The summed E-state index contributed by atoms with van der Waals surface area (Å²) < 4.78 is 47.7. The molecule has 1 rings (SSSR count). The minimum absolute atomic E-state index is 0.500. The summed E-state index contributed by atoms with van der Waals surface area (Å²) in [7, 11) is 0. The van der Waals surface area contributed by atoms with E-state index in [0.29, 0.717) is 0 Å². The molecular formula is C6H4F4N2O2. The number of nitrogens with one attached hydrogen (secondary N) is 1. The third-order valence-electron chi connectivity index (χ3n) is 1.56. The van der Waals surface area contributed by atoms with E-state index in [1.54, 1.807) is 5.10 Å². The van der Waals surface area contributed by atoms with E-state index in [1.165, 1.54) is 0 Å². The van der Waals surface area contributed by atoms with Crippen molar-refractivity contribution in [3.05, 3.63) is 17.0 Å². The molecule has 0 saturated carbocycles. The van der Waals surface area contributed by atoms with Gasteiger partial charge < -0.3 is 0 Å². The van der Waals surface area contributed by atoms with Crippen LogP contribution in [0.4, 0.5) is 17.7 Å². The summed E-state index contributed by atoms with van der Waals surface area (Å²) in [5.74, 6) is -1.56. The van der Waals surface area contributed by atoms with E-state index in [-0.39, 0.29) is 0 Å². The number of halogens is 4.